The Labute approximate surface area is 176 Å². The Kier molecular flexibility index (Phi) is 5.10. The Morgan fingerprint density at radius 3 is 2.57 bits per heavy atom. The number of carbonyl (C=O) groups excluding carboxylic acids is 1. The fourth-order valence-corrected chi connectivity index (χ4v) is 3.91. The molecule has 3 heterocycles. The third kappa shape index (κ3) is 4.24. The Bertz CT molecular complexity index is 1350. The molecule has 30 heavy (non-hydrogen) atoms. The first kappa shape index (κ1) is 19.8. The van der Waals surface area contributed by atoms with Gasteiger partial charge in [0.15, 0.2) is 5.65 Å². The maximum atomic E-state index is 12.6. The number of hydrogen-bond acceptors (Lipinski definition) is 6. The summed E-state index contributed by atoms with van der Waals surface area (Å²) >= 11 is 5.82. The van der Waals surface area contributed by atoms with Crippen LogP contribution in [0.4, 0.5) is 11.6 Å². The largest absolute Gasteiger partial charge is 0.293 e. The number of anilines is 2. The molecular formula is C19H15ClN6O3S. The molecule has 9 nitrogen and oxygen atoms in total. The molecule has 0 bridgehead atoms. The summed E-state index contributed by atoms with van der Waals surface area (Å²) in [4.78, 5) is 19.6. The summed E-state index contributed by atoms with van der Waals surface area (Å²) in [6.45, 7) is 1.37. The van der Waals surface area contributed by atoms with E-state index in [0.717, 1.165) is 5.56 Å². The van der Waals surface area contributed by atoms with Gasteiger partial charge in [-0.2, -0.15) is 4.98 Å². The van der Waals surface area contributed by atoms with Crippen LogP contribution < -0.4 is 10.0 Å². The predicted octanol–water partition coefficient (Wildman–Crippen LogP) is 3.20. The summed E-state index contributed by atoms with van der Waals surface area (Å²) < 4.78 is 29.2. The molecule has 0 spiro atoms. The van der Waals surface area contributed by atoms with Gasteiger partial charge >= 0.3 is 0 Å². The van der Waals surface area contributed by atoms with Crippen molar-refractivity contribution in [3.05, 3.63) is 66.1 Å². The predicted molar refractivity (Wildman–Crippen MR) is 113 cm³/mol. The van der Waals surface area contributed by atoms with E-state index in [9.17, 15) is 13.2 Å². The molecule has 4 aromatic rings. The number of amides is 1. The highest BCUT2D eigenvalue weighted by Crippen LogP contribution is 2.24. The molecule has 0 aliphatic heterocycles. The summed E-state index contributed by atoms with van der Waals surface area (Å²) in [6, 6.07) is 11.1. The van der Waals surface area contributed by atoms with E-state index >= 15 is 0 Å². The van der Waals surface area contributed by atoms with Crippen LogP contribution in [0, 0.1) is 0 Å². The molecule has 2 N–H and O–H groups in total. The average Bonchev–Trinajstić information content (AvgIpc) is 3.08. The highest BCUT2D eigenvalue weighted by molar-refractivity contribution is 7.92. The van der Waals surface area contributed by atoms with E-state index in [-0.39, 0.29) is 16.8 Å². The SMILES string of the molecule is CC(=O)Nc1nc2ccc(-c3cncc(NS(=O)(=O)c4ccc(Cl)cc4)c3)cn2n1. The van der Waals surface area contributed by atoms with Gasteiger partial charge in [-0.15, -0.1) is 5.10 Å². The number of aromatic nitrogens is 4. The molecule has 152 valence electrons. The van der Waals surface area contributed by atoms with E-state index in [1.807, 2.05) is 0 Å². The number of sulfonamides is 1. The molecule has 0 atom stereocenters. The van der Waals surface area contributed by atoms with Gasteiger partial charge in [0.05, 0.1) is 16.8 Å². The first-order valence-electron chi connectivity index (χ1n) is 8.68. The Morgan fingerprint density at radius 2 is 1.83 bits per heavy atom. The van der Waals surface area contributed by atoms with Crippen LogP contribution in [0.25, 0.3) is 16.8 Å². The quantitative estimate of drug-likeness (QED) is 0.490. The van der Waals surface area contributed by atoms with Gasteiger partial charge in [-0.25, -0.2) is 12.9 Å². The van der Waals surface area contributed by atoms with Crippen molar-refractivity contribution in [2.45, 2.75) is 11.8 Å². The molecule has 0 saturated heterocycles. The van der Waals surface area contributed by atoms with E-state index in [4.69, 9.17) is 11.6 Å². The van der Waals surface area contributed by atoms with Crippen LogP contribution in [0.1, 0.15) is 6.92 Å². The number of nitrogens with zero attached hydrogens (tertiary/aromatic N) is 4. The third-order valence-corrected chi connectivity index (χ3v) is 5.72. The molecule has 0 radical (unpaired) electrons. The number of benzene rings is 1. The zero-order valence-corrected chi connectivity index (χ0v) is 17.1. The van der Waals surface area contributed by atoms with Gasteiger partial charge in [0.25, 0.3) is 10.0 Å². The van der Waals surface area contributed by atoms with Gasteiger partial charge in [0.1, 0.15) is 0 Å². The number of hydrogen-bond donors (Lipinski definition) is 2. The van der Waals surface area contributed by atoms with E-state index in [1.165, 1.54) is 41.9 Å². The summed E-state index contributed by atoms with van der Waals surface area (Å²) in [5.74, 6) is -0.0711. The van der Waals surface area contributed by atoms with Gasteiger partial charge in [-0.1, -0.05) is 11.6 Å². The van der Waals surface area contributed by atoms with Crippen molar-refractivity contribution in [2.24, 2.45) is 0 Å². The van der Waals surface area contributed by atoms with Crippen molar-refractivity contribution in [2.75, 3.05) is 10.0 Å². The lowest BCUT2D eigenvalue weighted by atomic mass is 10.1. The monoisotopic (exact) mass is 442 g/mol. The van der Waals surface area contributed by atoms with Crippen molar-refractivity contribution in [3.63, 3.8) is 0 Å². The number of fused-ring (bicyclic) bond motifs is 1. The average molecular weight is 443 g/mol. The van der Waals surface area contributed by atoms with Crippen molar-refractivity contribution in [1.29, 1.82) is 0 Å². The van der Waals surface area contributed by atoms with E-state index in [0.29, 0.717) is 21.9 Å². The van der Waals surface area contributed by atoms with Crippen LogP contribution in [0.15, 0.2) is 66.0 Å². The summed E-state index contributed by atoms with van der Waals surface area (Å²) in [5, 5.41) is 7.17. The molecule has 0 unspecified atom stereocenters. The molecule has 0 fully saturated rings. The zero-order valence-electron chi connectivity index (χ0n) is 15.6. The van der Waals surface area contributed by atoms with Gasteiger partial charge in [-0.05, 0) is 42.5 Å². The second-order valence-corrected chi connectivity index (χ2v) is 8.48. The fraction of sp³-hybridized carbons (Fsp3) is 0.0526. The molecular weight excluding hydrogens is 428 g/mol. The lowest BCUT2D eigenvalue weighted by Gasteiger charge is -2.09. The summed E-state index contributed by atoms with van der Waals surface area (Å²) in [5.41, 5.74) is 2.27. The van der Waals surface area contributed by atoms with Crippen molar-refractivity contribution in [3.8, 4) is 11.1 Å². The number of rotatable bonds is 5. The van der Waals surface area contributed by atoms with E-state index < -0.39 is 10.0 Å². The van der Waals surface area contributed by atoms with E-state index in [2.05, 4.69) is 25.1 Å². The molecule has 4 rings (SSSR count). The maximum Gasteiger partial charge on any atom is 0.261 e. The molecule has 0 aliphatic rings. The molecule has 0 saturated carbocycles. The van der Waals surface area contributed by atoms with Crippen molar-refractivity contribution >= 4 is 44.8 Å². The minimum absolute atomic E-state index is 0.0897. The lowest BCUT2D eigenvalue weighted by molar-refractivity contribution is -0.114. The van der Waals surface area contributed by atoms with E-state index in [1.54, 1.807) is 30.6 Å². The Hall–Kier alpha value is -3.50. The van der Waals surface area contributed by atoms with Gasteiger partial charge in [-0.3, -0.25) is 19.8 Å². The minimum atomic E-state index is -3.79. The zero-order chi connectivity index (χ0) is 21.3. The second kappa shape index (κ2) is 7.73. The molecule has 1 amide bonds. The molecule has 1 aromatic carbocycles. The number of nitrogens with one attached hydrogen (secondary N) is 2. The maximum absolute atomic E-state index is 12.6. The third-order valence-electron chi connectivity index (χ3n) is 4.07. The molecule has 3 aromatic heterocycles. The minimum Gasteiger partial charge on any atom is -0.293 e. The Balaban J connectivity index is 1.63. The summed E-state index contributed by atoms with van der Waals surface area (Å²) in [6.07, 6.45) is 4.73. The summed E-state index contributed by atoms with van der Waals surface area (Å²) in [7, 11) is -3.79. The van der Waals surface area contributed by atoms with Gasteiger partial charge in [0, 0.05) is 35.5 Å². The van der Waals surface area contributed by atoms with Crippen LogP contribution in [0.5, 0.6) is 0 Å². The second-order valence-electron chi connectivity index (χ2n) is 6.36. The van der Waals surface area contributed by atoms with Gasteiger partial charge in [0.2, 0.25) is 11.9 Å². The smallest absolute Gasteiger partial charge is 0.261 e. The van der Waals surface area contributed by atoms with Crippen molar-refractivity contribution in [1.82, 2.24) is 19.6 Å². The van der Waals surface area contributed by atoms with Crippen LogP contribution in [-0.2, 0) is 14.8 Å². The number of pyridine rings is 2. The van der Waals surface area contributed by atoms with Crippen LogP contribution in [-0.4, -0.2) is 33.9 Å². The fourth-order valence-electron chi connectivity index (χ4n) is 2.75. The number of halogens is 1. The molecule has 11 heteroatoms. The van der Waals surface area contributed by atoms with Crippen molar-refractivity contribution < 1.29 is 13.2 Å². The highest BCUT2D eigenvalue weighted by Gasteiger charge is 2.15. The number of carbonyl (C=O) groups is 1. The molecule has 0 aliphatic carbocycles. The van der Waals surface area contributed by atoms with Crippen LogP contribution >= 0.6 is 11.6 Å². The van der Waals surface area contributed by atoms with Gasteiger partial charge < -0.3 is 0 Å². The standard InChI is InChI=1S/C19H15ClN6O3S/c1-12(27)22-19-23-18-7-2-13(11-26(18)24-19)14-8-16(10-21-9-14)25-30(28,29)17-5-3-15(20)4-6-17/h2-11,25H,1H3,(H,22,24,27). The van der Waals surface area contributed by atoms with Crippen LogP contribution in [0.2, 0.25) is 5.02 Å². The Morgan fingerprint density at radius 1 is 1.07 bits per heavy atom. The topological polar surface area (TPSA) is 118 Å². The highest BCUT2D eigenvalue weighted by atomic mass is 35.5. The first-order chi connectivity index (χ1) is 14.3. The van der Waals surface area contributed by atoms with Crippen LogP contribution in [0.3, 0.4) is 0 Å². The normalized spacial score (nSPS) is 11.4. The lowest BCUT2D eigenvalue weighted by Crippen LogP contribution is -2.13. The first-order valence-corrected chi connectivity index (χ1v) is 10.5.